The molecular weight excluding hydrogens is 461 g/mol. The van der Waals surface area contributed by atoms with Crippen LogP contribution in [-0.4, -0.2) is 19.2 Å². The van der Waals surface area contributed by atoms with E-state index < -0.39 is 0 Å². The number of anilines is 2. The first kappa shape index (κ1) is 22.5. The van der Waals surface area contributed by atoms with Crippen LogP contribution in [0, 0.1) is 11.3 Å². The molecule has 33 heavy (non-hydrogen) atoms. The van der Waals surface area contributed by atoms with Crippen LogP contribution in [0.25, 0.3) is 10.9 Å². The van der Waals surface area contributed by atoms with E-state index in [4.69, 9.17) is 37.4 Å². The van der Waals surface area contributed by atoms with Gasteiger partial charge in [-0.1, -0.05) is 53.5 Å². The van der Waals surface area contributed by atoms with Crippen LogP contribution in [0.15, 0.2) is 60.8 Å². The Morgan fingerprint density at radius 3 is 2.45 bits per heavy atom. The molecule has 0 aliphatic carbocycles. The molecular formula is C25H19Cl2N3O3. The van der Waals surface area contributed by atoms with Crippen LogP contribution >= 0.6 is 23.2 Å². The number of benzene rings is 3. The third-order valence-corrected chi connectivity index (χ3v) is 5.63. The number of methoxy groups -OCH3 is 2. The number of nitrogens with one attached hydrogen (secondary N) is 1. The topological polar surface area (TPSA) is 76.4 Å². The van der Waals surface area contributed by atoms with Crippen LogP contribution in [0.5, 0.6) is 17.2 Å². The molecule has 1 N–H and O–H groups in total. The third kappa shape index (κ3) is 4.61. The fraction of sp³-hybridized carbons (Fsp3) is 0.120. The number of hydrogen-bond donors (Lipinski definition) is 1. The summed E-state index contributed by atoms with van der Waals surface area (Å²) in [7, 11) is 3.07. The maximum absolute atomic E-state index is 9.70. The van der Waals surface area contributed by atoms with E-state index in [1.807, 2.05) is 36.4 Å². The number of fused-ring (bicyclic) bond motifs is 1. The molecule has 4 rings (SSSR count). The van der Waals surface area contributed by atoms with Gasteiger partial charge in [-0.2, -0.15) is 5.26 Å². The van der Waals surface area contributed by atoms with Crippen molar-refractivity contribution >= 4 is 45.5 Å². The molecule has 0 saturated carbocycles. The highest BCUT2D eigenvalue weighted by Crippen LogP contribution is 2.41. The smallest absolute Gasteiger partial charge is 0.187 e. The summed E-state index contributed by atoms with van der Waals surface area (Å²) in [6.07, 6.45) is 1.48. The lowest BCUT2D eigenvalue weighted by Gasteiger charge is -2.17. The largest absolute Gasteiger partial charge is 0.495 e. The highest BCUT2D eigenvalue weighted by atomic mass is 35.5. The number of nitriles is 1. The molecule has 4 aromatic rings. The van der Waals surface area contributed by atoms with E-state index in [1.54, 1.807) is 25.3 Å². The molecule has 0 aliphatic heterocycles. The van der Waals surface area contributed by atoms with Crippen LogP contribution in [0.1, 0.15) is 11.1 Å². The van der Waals surface area contributed by atoms with Gasteiger partial charge >= 0.3 is 0 Å². The lowest BCUT2D eigenvalue weighted by atomic mass is 10.1. The summed E-state index contributed by atoms with van der Waals surface area (Å²) in [5, 5.41) is 14.4. The van der Waals surface area contributed by atoms with E-state index in [-0.39, 0.29) is 0 Å². The maximum Gasteiger partial charge on any atom is 0.187 e. The Morgan fingerprint density at radius 1 is 0.970 bits per heavy atom. The third-order valence-electron chi connectivity index (χ3n) is 5.02. The molecule has 3 aromatic carbocycles. The summed E-state index contributed by atoms with van der Waals surface area (Å²) in [5.74, 6) is 1.47. The molecule has 1 heterocycles. The van der Waals surface area contributed by atoms with Crippen LogP contribution in [-0.2, 0) is 6.61 Å². The molecule has 0 atom stereocenters. The Labute approximate surface area is 201 Å². The van der Waals surface area contributed by atoms with E-state index in [0.717, 1.165) is 5.56 Å². The fourth-order valence-corrected chi connectivity index (χ4v) is 3.91. The fourth-order valence-electron chi connectivity index (χ4n) is 3.40. The maximum atomic E-state index is 9.70. The van der Waals surface area contributed by atoms with Crippen molar-refractivity contribution in [1.82, 2.24) is 4.98 Å². The van der Waals surface area contributed by atoms with Crippen molar-refractivity contribution in [2.24, 2.45) is 0 Å². The summed E-state index contributed by atoms with van der Waals surface area (Å²) >= 11 is 12.6. The van der Waals surface area contributed by atoms with Gasteiger partial charge < -0.3 is 19.5 Å². The zero-order valence-corrected chi connectivity index (χ0v) is 19.4. The molecule has 0 aliphatic rings. The summed E-state index contributed by atoms with van der Waals surface area (Å²) in [5.41, 5.74) is 2.97. The molecule has 0 unspecified atom stereocenters. The van der Waals surface area contributed by atoms with Crippen LogP contribution < -0.4 is 19.5 Å². The van der Waals surface area contributed by atoms with E-state index in [2.05, 4.69) is 16.4 Å². The molecule has 0 fully saturated rings. The summed E-state index contributed by atoms with van der Waals surface area (Å²) in [6.45, 7) is 0.379. The highest BCUT2D eigenvalue weighted by Gasteiger charge is 2.18. The Balaban J connectivity index is 1.78. The van der Waals surface area contributed by atoms with E-state index in [0.29, 0.717) is 61.7 Å². The van der Waals surface area contributed by atoms with Crippen molar-refractivity contribution in [3.8, 4) is 23.3 Å². The monoisotopic (exact) mass is 479 g/mol. The minimum Gasteiger partial charge on any atom is -0.495 e. The van der Waals surface area contributed by atoms with Crippen molar-refractivity contribution in [1.29, 1.82) is 5.26 Å². The van der Waals surface area contributed by atoms with Crippen molar-refractivity contribution in [3.05, 3.63) is 82.0 Å². The summed E-state index contributed by atoms with van der Waals surface area (Å²) in [4.78, 5) is 4.46. The van der Waals surface area contributed by atoms with Crippen LogP contribution in [0.2, 0.25) is 10.0 Å². The number of ether oxygens (including phenoxy) is 3. The molecule has 0 amide bonds. The van der Waals surface area contributed by atoms with Gasteiger partial charge in [-0.3, -0.25) is 4.98 Å². The molecule has 0 spiro atoms. The first-order valence-corrected chi connectivity index (χ1v) is 10.7. The quantitative estimate of drug-likeness (QED) is 0.315. The average molecular weight is 480 g/mol. The lowest BCUT2D eigenvalue weighted by molar-refractivity contribution is 0.286. The van der Waals surface area contributed by atoms with Gasteiger partial charge in [-0.05, 0) is 23.8 Å². The molecule has 166 valence electrons. The standard InChI is InChI=1S/C25H19Cl2N3O3/c1-31-22-11-20(18(26)10-19(22)27)30-23-16(12-28)13-29-24-17(23)8-9-21(25(24)32-2)33-14-15-6-4-3-5-7-15/h3-11,13H,14H2,1-2H3,(H,29,30). The molecule has 0 bridgehead atoms. The first-order chi connectivity index (χ1) is 16.0. The van der Waals surface area contributed by atoms with Crippen molar-refractivity contribution in [3.63, 3.8) is 0 Å². The van der Waals surface area contributed by atoms with Crippen molar-refractivity contribution in [2.75, 3.05) is 19.5 Å². The molecule has 1 aromatic heterocycles. The predicted octanol–water partition coefficient (Wildman–Crippen LogP) is 6.75. The number of halogens is 2. The van der Waals surface area contributed by atoms with Gasteiger partial charge in [0.25, 0.3) is 0 Å². The SMILES string of the molecule is COc1cc(Nc2c(C#N)cnc3c(OC)c(OCc4ccccc4)ccc23)c(Cl)cc1Cl. The van der Waals surface area contributed by atoms with Crippen molar-refractivity contribution < 1.29 is 14.2 Å². The second kappa shape index (κ2) is 9.86. The normalized spacial score (nSPS) is 10.5. The van der Waals surface area contributed by atoms with Crippen LogP contribution in [0.3, 0.4) is 0 Å². The minimum absolute atomic E-state index is 0.340. The van der Waals surface area contributed by atoms with E-state index in [1.165, 1.54) is 13.3 Å². The van der Waals surface area contributed by atoms with E-state index in [9.17, 15) is 5.26 Å². The first-order valence-electron chi connectivity index (χ1n) is 9.92. The number of aromatic nitrogens is 1. The minimum atomic E-state index is 0.340. The number of hydrogen-bond acceptors (Lipinski definition) is 6. The van der Waals surface area contributed by atoms with Gasteiger partial charge in [0.15, 0.2) is 11.5 Å². The van der Waals surface area contributed by atoms with Gasteiger partial charge in [0.05, 0.1) is 41.2 Å². The highest BCUT2D eigenvalue weighted by molar-refractivity contribution is 6.37. The molecule has 0 saturated heterocycles. The lowest BCUT2D eigenvalue weighted by Crippen LogP contribution is -2.01. The number of rotatable bonds is 7. The Morgan fingerprint density at radius 2 is 1.76 bits per heavy atom. The summed E-state index contributed by atoms with van der Waals surface area (Å²) in [6, 6.07) is 18.9. The van der Waals surface area contributed by atoms with Gasteiger partial charge in [-0.25, -0.2) is 0 Å². The van der Waals surface area contributed by atoms with Crippen LogP contribution in [0.4, 0.5) is 11.4 Å². The molecule has 6 nitrogen and oxygen atoms in total. The van der Waals surface area contributed by atoms with Crippen molar-refractivity contribution in [2.45, 2.75) is 6.61 Å². The second-order valence-corrected chi connectivity index (χ2v) is 7.83. The van der Waals surface area contributed by atoms with Gasteiger partial charge in [-0.15, -0.1) is 0 Å². The van der Waals surface area contributed by atoms with Gasteiger partial charge in [0, 0.05) is 17.6 Å². The average Bonchev–Trinajstić information content (AvgIpc) is 2.84. The Bertz CT molecular complexity index is 1360. The molecule has 8 heteroatoms. The Kier molecular flexibility index (Phi) is 6.74. The van der Waals surface area contributed by atoms with Gasteiger partial charge in [0.2, 0.25) is 0 Å². The van der Waals surface area contributed by atoms with E-state index >= 15 is 0 Å². The van der Waals surface area contributed by atoms with Gasteiger partial charge in [0.1, 0.15) is 23.9 Å². The predicted molar refractivity (Wildman–Crippen MR) is 130 cm³/mol. The zero-order valence-electron chi connectivity index (χ0n) is 17.9. The Hall–Kier alpha value is -3.66. The number of nitrogens with zero attached hydrogens (tertiary/aromatic N) is 2. The number of pyridine rings is 1. The second-order valence-electron chi connectivity index (χ2n) is 7.02. The zero-order chi connectivity index (χ0) is 23.4. The molecule has 0 radical (unpaired) electrons. The summed E-state index contributed by atoms with van der Waals surface area (Å²) < 4.78 is 16.9.